The molecule has 1 N–H and O–H groups in total. The maximum atomic E-state index is 13.1. The highest BCUT2D eigenvalue weighted by Gasteiger charge is 2.23. The average molecular weight is 499 g/mol. The Morgan fingerprint density at radius 3 is 2.20 bits per heavy atom. The van der Waals surface area contributed by atoms with E-state index < -0.39 is 21.9 Å². The van der Waals surface area contributed by atoms with E-state index >= 15 is 0 Å². The lowest BCUT2D eigenvalue weighted by Crippen LogP contribution is -2.26. The summed E-state index contributed by atoms with van der Waals surface area (Å²) in [4.78, 5) is 24.9. The number of carbonyl (C=O) groups is 2. The van der Waals surface area contributed by atoms with Gasteiger partial charge in [-0.2, -0.15) is 0 Å². The molecular formula is C25H26N2O7S. The van der Waals surface area contributed by atoms with Crippen molar-refractivity contribution in [3.05, 3.63) is 77.9 Å². The molecule has 3 aromatic rings. The molecule has 0 unspecified atom stereocenters. The zero-order valence-electron chi connectivity index (χ0n) is 19.8. The van der Waals surface area contributed by atoms with Crippen molar-refractivity contribution in [2.24, 2.45) is 0 Å². The van der Waals surface area contributed by atoms with Gasteiger partial charge in [-0.05, 0) is 55.5 Å². The van der Waals surface area contributed by atoms with Crippen molar-refractivity contribution in [2.75, 3.05) is 37.5 Å². The van der Waals surface area contributed by atoms with Crippen molar-refractivity contribution in [3.63, 3.8) is 0 Å². The fourth-order valence-electron chi connectivity index (χ4n) is 3.27. The van der Waals surface area contributed by atoms with Crippen molar-refractivity contribution in [1.82, 2.24) is 0 Å². The summed E-state index contributed by atoms with van der Waals surface area (Å²) in [5.74, 6) is -0.300. The highest BCUT2D eigenvalue weighted by molar-refractivity contribution is 7.92. The number of hydrogen-bond acceptors (Lipinski definition) is 7. The van der Waals surface area contributed by atoms with Crippen LogP contribution >= 0.6 is 0 Å². The van der Waals surface area contributed by atoms with E-state index in [2.05, 4.69) is 5.32 Å². The van der Waals surface area contributed by atoms with Gasteiger partial charge in [-0.3, -0.25) is 9.10 Å². The molecule has 184 valence electrons. The minimum Gasteiger partial charge on any atom is -0.493 e. The third-order valence-electron chi connectivity index (χ3n) is 5.18. The first-order valence-electron chi connectivity index (χ1n) is 10.6. The number of ether oxygens (including phenoxy) is 3. The molecule has 0 spiro atoms. The summed E-state index contributed by atoms with van der Waals surface area (Å²) in [6.45, 7) is 1.91. The number of esters is 1. The third kappa shape index (κ3) is 5.55. The van der Waals surface area contributed by atoms with Gasteiger partial charge in [0.15, 0.2) is 11.5 Å². The topological polar surface area (TPSA) is 111 Å². The van der Waals surface area contributed by atoms with Crippen LogP contribution < -0.4 is 19.1 Å². The van der Waals surface area contributed by atoms with E-state index in [0.717, 1.165) is 4.31 Å². The Hall–Kier alpha value is -4.05. The second-order valence-corrected chi connectivity index (χ2v) is 9.23. The SMILES string of the molecule is CCOC(=O)c1ccccc1NC(=O)c1ccc(N(C)S(=O)(=O)c2ccc(OC)c(OC)c2)cc1. The van der Waals surface area contributed by atoms with E-state index in [4.69, 9.17) is 14.2 Å². The van der Waals surface area contributed by atoms with E-state index in [1.807, 2.05) is 0 Å². The Morgan fingerprint density at radius 1 is 0.914 bits per heavy atom. The normalized spacial score (nSPS) is 10.9. The second kappa shape index (κ2) is 10.9. The third-order valence-corrected chi connectivity index (χ3v) is 6.96. The molecule has 0 saturated carbocycles. The average Bonchev–Trinajstić information content (AvgIpc) is 2.88. The van der Waals surface area contributed by atoms with Crippen molar-refractivity contribution in [2.45, 2.75) is 11.8 Å². The molecule has 35 heavy (non-hydrogen) atoms. The van der Waals surface area contributed by atoms with Crippen LogP contribution in [0.15, 0.2) is 71.6 Å². The van der Waals surface area contributed by atoms with Crippen LogP contribution in [0.3, 0.4) is 0 Å². The lowest BCUT2D eigenvalue weighted by atomic mass is 10.1. The first-order valence-corrected chi connectivity index (χ1v) is 12.1. The van der Waals surface area contributed by atoms with Crippen LogP contribution in [0.2, 0.25) is 0 Å². The molecule has 0 bridgehead atoms. The fourth-order valence-corrected chi connectivity index (χ4v) is 4.48. The number of rotatable bonds is 9. The van der Waals surface area contributed by atoms with E-state index in [0.29, 0.717) is 17.1 Å². The van der Waals surface area contributed by atoms with Crippen LogP contribution in [-0.2, 0) is 14.8 Å². The number of carbonyl (C=O) groups excluding carboxylic acids is 2. The van der Waals surface area contributed by atoms with Crippen LogP contribution in [0, 0.1) is 0 Å². The lowest BCUT2D eigenvalue weighted by Gasteiger charge is -2.20. The number of hydrogen-bond donors (Lipinski definition) is 1. The van der Waals surface area contributed by atoms with E-state index in [9.17, 15) is 18.0 Å². The molecule has 0 aromatic heterocycles. The number of methoxy groups -OCH3 is 2. The Bertz CT molecular complexity index is 1320. The molecule has 0 aliphatic rings. The van der Waals surface area contributed by atoms with Crippen LogP contribution in [0.1, 0.15) is 27.6 Å². The van der Waals surface area contributed by atoms with Crippen molar-refractivity contribution in [1.29, 1.82) is 0 Å². The van der Waals surface area contributed by atoms with Gasteiger partial charge in [0.2, 0.25) is 0 Å². The molecule has 0 atom stereocenters. The minimum absolute atomic E-state index is 0.0232. The second-order valence-electron chi connectivity index (χ2n) is 7.26. The maximum absolute atomic E-state index is 13.1. The predicted octanol–water partition coefficient (Wildman–Crippen LogP) is 3.96. The zero-order valence-corrected chi connectivity index (χ0v) is 20.6. The van der Waals surface area contributed by atoms with Crippen molar-refractivity contribution < 1.29 is 32.2 Å². The van der Waals surface area contributed by atoms with Crippen LogP contribution in [0.4, 0.5) is 11.4 Å². The quantitative estimate of drug-likeness (QED) is 0.445. The monoisotopic (exact) mass is 498 g/mol. The summed E-state index contributed by atoms with van der Waals surface area (Å²) in [6.07, 6.45) is 0. The number of sulfonamides is 1. The van der Waals surface area contributed by atoms with Gasteiger partial charge in [-0.25, -0.2) is 13.2 Å². The van der Waals surface area contributed by atoms with Crippen molar-refractivity contribution >= 4 is 33.3 Å². The molecule has 0 heterocycles. The molecular weight excluding hydrogens is 472 g/mol. The minimum atomic E-state index is -3.91. The number of nitrogens with one attached hydrogen (secondary N) is 1. The Morgan fingerprint density at radius 2 is 1.57 bits per heavy atom. The largest absolute Gasteiger partial charge is 0.493 e. The fraction of sp³-hybridized carbons (Fsp3) is 0.200. The van der Waals surface area contributed by atoms with E-state index in [1.54, 1.807) is 31.2 Å². The molecule has 10 heteroatoms. The van der Waals surface area contributed by atoms with Gasteiger partial charge < -0.3 is 19.5 Å². The van der Waals surface area contributed by atoms with Gasteiger partial charge >= 0.3 is 5.97 Å². The van der Waals surface area contributed by atoms with Gasteiger partial charge in [0, 0.05) is 18.7 Å². The predicted molar refractivity (Wildman–Crippen MR) is 132 cm³/mol. The summed E-state index contributed by atoms with van der Waals surface area (Å²) in [5.41, 5.74) is 1.18. The first-order chi connectivity index (χ1) is 16.7. The smallest absolute Gasteiger partial charge is 0.340 e. The number of benzene rings is 3. The highest BCUT2D eigenvalue weighted by atomic mass is 32.2. The highest BCUT2D eigenvalue weighted by Crippen LogP contribution is 2.31. The summed E-state index contributed by atoms with van der Waals surface area (Å²) >= 11 is 0. The summed E-state index contributed by atoms with van der Waals surface area (Å²) < 4.78 is 42.7. The molecule has 3 aromatic carbocycles. The van der Waals surface area contributed by atoms with E-state index in [1.165, 1.54) is 63.7 Å². The van der Waals surface area contributed by atoms with Crippen LogP contribution in [0.25, 0.3) is 0 Å². The van der Waals surface area contributed by atoms with Crippen molar-refractivity contribution in [3.8, 4) is 11.5 Å². The molecule has 0 fully saturated rings. The van der Waals surface area contributed by atoms with Gasteiger partial charge in [0.25, 0.3) is 15.9 Å². The number of amides is 1. The summed E-state index contributed by atoms with van der Waals surface area (Å²) in [7, 11) is 0.394. The molecule has 1 amide bonds. The molecule has 0 aliphatic carbocycles. The van der Waals surface area contributed by atoms with Gasteiger partial charge in [-0.15, -0.1) is 0 Å². The zero-order chi connectivity index (χ0) is 25.6. The number of anilines is 2. The lowest BCUT2D eigenvalue weighted by molar-refractivity contribution is 0.0527. The Labute approximate surface area is 204 Å². The van der Waals surface area contributed by atoms with Crippen LogP contribution in [0.5, 0.6) is 11.5 Å². The number of nitrogens with zero attached hydrogens (tertiary/aromatic N) is 1. The first kappa shape index (κ1) is 25.6. The van der Waals surface area contributed by atoms with E-state index in [-0.39, 0.29) is 28.4 Å². The van der Waals surface area contributed by atoms with Crippen LogP contribution in [-0.4, -0.2) is 48.2 Å². The molecule has 3 rings (SSSR count). The molecule has 9 nitrogen and oxygen atoms in total. The van der Waals surface area contributed by atoms with Gasteiger partial charge in [-0.1, -0.05) is 12.1 Å². The number of para-hydroxylation sites is 1. The maximum Gasteiger partial charge on any atom is 0.340 e. The molecule has 0 aliphatic heterocycles. The van der Waals surface area contributed by atoms with Gasteiger partial charge in [0.05, 0.1) is 42.7 Å². The Kier molecular flexibility index (Phi) is 7.98. The molecule has 0 radical (unpaired) electrons. The molecule has 0 saturated heterocycles. The summed E-state index contributed by atoms with van der Waals surface area (Å²) in [5, 5.41) is 2.70. The standard InChI is InChI=1S/C25H26N2O7S/c1-5-34-25(29)20-8-6-7-9-21(20)26-24(28)17-10-12-18(13-11-17)27(2)35(30,31)19-14-15-22(32-3)23(16-19)33-4/h6-16H,5H2,1-4H3,(H,26,28). The Balaban J connectivity index is 1.80. The summed E-state index contributed by atoms with van der Waals surface area (Å²) in [6, 6.07) is 16.9. The van der Waals surface area contributed by atoms with Gasteiger partial charge in [0.1, 0.15) is 0 Å².